The van der Waals surface area contributed by atoms with E-state index in [2.05, 4.69) is 26.5 Å². The first-order valence-corrected chi connectivity index (χ1v) is 5.13. The average Bonchev–Trinajstić information content (AvgIpc) is 2.89. The lowest BCUT2D eigenvalue weighted by molar-refractivity contribution is 0.813. The average molecular weight is 166 g/mol. The number of rotatable bonds is 4. The van der Waals surface area contributed by atoms with Gasteiger partial charge in [-0.15, -0.1) is 6.58 Å². The molecule has 0 nitrogen and oxygen atoms in total. The number of hydrogen-bond acceptors (Lipinski definition) is 0. The molecule has 0 aliphatic heterocycles. The summed E-state index contributed by atoms with van der Waals surface area (Å²) in [7, 11) is 0. The molecule has 0 aromatic rings. The van der Waals surface area contributed by atoms with Crippen molar-refractivity contribution in [2.45, 2.75) is 52.4 Å². The third-order valence-electron chi connectivity index (χ3n) is 1.82. The third-order valence-corrected chi connectivity index (χ3v) is 1.82. The van der Waals surface area contributed by atoms with Crippen LogP contribution in [0.3, 0.4) is 0 Å². The van der Waals surface area contributed by atoms with Crippen molar-refractivity contribution >= 4 is 0 Å². The standard InChI is InChI=1S/C8H14.C4H8/c1-2-3-4-5-8-6-7-8;1-3-4-2/h5H,2-4,6-7H2,1H3;3H,1,4H2,2H3. The normalized spacial score (nSPS) is 13.0. The number of hydrogen-bond donors (Lipinski definition) is 0. The van der Waals surface area contributed by atoms with Crippen LogP contribution in [0.25, 0.3) is 0 Å². The smallest absolute Gasteiger partial charge is 0.0283 e. The molecule has 12 heavy (non-hydrogen) atoms. The van der Waals surface area contributed by atoms with E-state index in [4.69, 9.17) is 0 Å². The molecule has 1 aliphatic rings. The van der Waals surface area contributed by atoms with Crippen LogP contribution in [0.1, 0.15) is 52.4 Å². The predicted octanol–water partition coefficient (Wildman–Crippen LogP) is 4.48. The molecule has 0 N–H and O–H groups in total. The maximum atomic E-state index is 3.48. The predicted molar refractivity (Wildman–Crippen MR) is 57.3 cm³/mol. The van der Waals surface area contributed by atoms with Gasteiger partial charge in [0.15, 0.2) is 0 Å². The zero-order chi connectivity index (χ0) is 9.23. The van der Waals surface area contributed by atoms with Crippen molar-refractivity contribution in [3.63, 3.8) is 0 Å². The van der Waals surface area contributed by atoms with Crippen LogP contribution in [-0.2, 0) is 0 Å². The number of unbranched alkanes of at least 4 members (excludes halogenated alkanes) is 2. The van der Waals surface area contributed by atoms with Crippen molar-refractivity contribution in [2.75, 3.05) is 0 Å². The van der Waals surface area contributed by atoms with Crippen molar-refractivity contribution in [1.29, 1.82) is 0 Å². The summed E-state index contributed by atoms with van der Waals surface area (Å²) in [5.74, 6) is 0. The largest absolute Gasteiger partial charge is 0.103 e. The van der Waals surface area contributed by atoms with Gasteiger partial charge in [0, 0.05) is 0 Å². The first-order valence-electron chi connectivity index (χ1n) is 5.13. The molecule has 0 saturated heterocycles. The van der Waals surface area contributed by atoms with E-state index in [0.29, 0.717) is 0 Å². The second-order valence-electron chi connectivity index (χ2n) is 3.20. The van der Waals surface area contributed by atoms with Crippen LogP contribution >= 0.6 is 0 Å². The lowest BCUT2D eigenvalue weighted by Gasteiger charge is -1.84. The molecule has 0 heterocycles. The van der Waals surface area contributed by atoms with Crippen LogP contribution in [0.2, 0.25) is 0 Å². The van der Waals surface area contributed by atoms with E-state index >= 15 is 0 Å². The zero-order valence-electron chi connectivity index (χ0n) is 8.60. The fraction of sp³-hybridized carbons (Fsp3) is 0.667. The van der Waals surface area contributed by atoms with E-state index < -0.39 is 0 Å². The van der Waals surface area contributed by atoms with Gasteiger partial charge in [-0.3, -0.25) is 0 Å². The first kappa shape index (κ1) is 11.5. The number of allylic oxidation sites excluding steroid dienone is 3. The third kappa shape index (κ3) is 9.48. The van der Waals surface area contributed by atoms with E-state index in [0.717, 1.165) is 6.42 Å². The Balaban J connectivity index is 0.000000261. The maximum absolute atomic E-state index is 3.48. The Hall–Kier alpha value is -0.520. The highest BCUT2D eigenvalue weighted by Gasteiger charge is 2.08. The summed E-state index contributed by atoms with van der Waals surface area (Å²) < 4.78 is 0. The lowest BCUT2D eigenvalue weighted by Crippen LogP contribution is -1.64. The van der Waals surface area contributed by atoms with Crippen LogP contribution in [0.4, 0.5) is 0 Å². The first-order chi connectivity index (χ1) is 5.85. The second-order valence-corrected chi connectivity index (χ2v) is 3.20. The van der Waals surface area contributed by atoms with Crippen LogP contribution < -0.4 is 0 Å². The van der Waals surface area contributed by atoms with Crippen molar-refractivity contribution < 1.29 is 0 Å². The summed E-state index contributed by atoms with van der Waals surface area (Å²) >= 11 is 0. The second kappa shape index (κ2) is 8.58. The van der Waals surface area contributed by atoms with Gasteiger partial charge in [0.2, 0.25) is 0 Å². The molecule has 0 radical (unpaired) electrons. The van der Waals surface area contributed by atoms with Crippen molar-refractivity contribution in [3.8, 4) is 0 Å². The monoisotopic (exact) mass is 166 g/mol. The van der Waals surface area contributed by atoms with Gasteiger partial charge < -0.3 is 0 Å². The molecule has 1 saturated carbocycles. The van der Waals surface area contributed by atoms with Crippen molar-refractivity contribution in [2.24, 2.45) is 0 Å². The molecule has 0 unspecified atom stereocenters. The lowest BCUT2D eigenvalue weighted by atomic mass is 10.2. The molecule has 1 fully saturated rings. The molecular formula is C12H22. The SMILES string of the molecule is C=CCC.CCCCC=C1CC1. The zero-order valence-corrected chi connectivity index (χ0v) is 8.60. The molecule has 0 atom stereocenters. The minimum Gasteiger partial charge on any atom is -0.103 e. The maximum Gasteiger partial charge on any atom is -0.0283 e. The van der Waals surface area contributed by atoms with Gasteiger partial charge in [0.25, 0.3) is 0 Å². The van der Waals surface area contributed by atoms with Gasteiger partial charge in [-0.1, -0.05) is 44.4 Å². The van der Waals surface area contributed by atoms with E-state index in [9.17, 15) is 0 Å². The summed E-state index contributed by atoms with van der Waals surface area (Å²) in [5, 5.41) is 0. The van der Waals surface area contributed by atoms with Gasteiger partial charge in [-0.2, -0.15) is 0 Å². The summed E-state index contributed by atoms with van der Waals surface area (Å²) in [6, 6.07) is 0. The fourth-order valence-corrected chi connectivity index (χ4v) is 0.787. The Bertz CT molecular complexity index is 125. The molecule has 70 valence electrons. The van der Waals surface area contributed by atoms with Gasteiger partial charge in [-0.05, 0) is 25.7 Å². The highest BCUT2D eigenvalue weighted by Crippen LogP contribution is 2.28. The van der Waals surface area contributed by atoms with E-state index in [1.807, 2.05) is 6.08 Å². The highest BCUT2D eigenvalue weighted by atomic mass is 14.1. The Labute approximate surface area is 77.4 Å². The molecule has 1 aliphatic carbocycles. The molecule has 1 rings (SSSR count). The van der Waals surface area contributed by atoms with Crippen LogP contribution in [0.15, 0.2) is 24.3 Å². The highest BCUT2D eigenvalue weighted by molar-refractivity contribution is 5.15. The Morgan fingerprint density at radius 3 is 2.25 bits per heavy atom. The van der Waals surface area contributed by atoms with Gasteiger partial charge >= 0.3 is 0 Å². The van der Waals surface area contributed by atoms with Crippen molar-refractivity contribution in [1.82, 2.24) is 0 Å². The fourth-order valence-electron chi connectivity index (χ4n) is 0.787. The van der Waals surface area contributed by atoms with E-state index in [-0.39, 0.29) is 0 Å². The Morgan fingerprint density at radius 1 is 1.33 bits per heavy atom. The van der Waals surface area contributed by atoms with Crippen LogP contribution in [0.5, 0.6) is 0 Å². The topological polar surface area (TPSA) is 0 Å². The summed E-state index contributed by atoms with van der Waals surface area (Å²) in [6.45, 7) is 7.78. The van der Waals surface area contributed by atoms with Crippen molar-refractivity contribution in [3.05, 3.63) is 24.3 Å². The molecule has 0 aromatic carbocycles. The molecular weight excluding hydrogens is 144 g/mol. The van der Waals surface area contributed by atoms with Gasteiger partial charge in [-0.25, -0.2) is 0 Å². The molecule has 0 heteroatoms. The molecule has 0 aromatic heterocycles. The summed E-state index contributed by atoms with van der Waals surface area (Å²) in [4.78, 5) is 0. The van der Waals surface area contributed by atoms with Gasteiger partial charge in [0.1, 0.15) is 0 Å². The summed E-state index contributed by atoms with van der Waals surface area (Å²) in [5.41, 5.74) is 1.69. The van der Waals surface area contributed by atoms with Crippen LogP contribution in [-0.4, -0.2) is 0 Å². The van der Waals surface area contributed by atoms with E-state index in [1.54, 1.807) is 5.57 Å². The quantitative estimate of drug-likeness (QED) is 0.426. The molecule has 0 amide bonds. The van der Waals surface area contributed by atoms with Gasteiger partial charge in [0.05, 0.1) is 0 Å². The van der Waals surface area contributed by atoms with E-state index in [1.165, 1.54) is 32.1 Å². The molecule has 0 bridgehead atoms. The Morgan fingerprint density at radius 2 is 1.92 bits per heavy atom. The Kier molecular flexibility index (Phi) is 8.20. The van der Waals surface area contributed by atoms with Crippen LogP contribution in [0, 0.1) is 0 Å². The summed E-state index contributed by atoms with van der Waals surface area (Å²) in [6.07, 6.45) is 12.2. The minimum absolute atomic E-state index is 1.08. The molecule has 0 spiro atoms. The minimum atomic E-state index is 1.08.